The van der Waals surface area contributed by atoms with Gasteiger partial charge in [0.05, 0.1) is 16.1 Å². The number of anilines is 1. The summed E-state index contributed by atoms with van der Waals surface area (Å²) in [6.45, 7) is 3.43. The molecule has 0 unspecified atom stereocenters. The SMILES string of the molecule is Cc1cccc(NC(=O)CCc2nc(-c3cccs3)no2)c1C(=O)N1CCCC1. The van der Waals surface area contributed by atoms with Crippen LogP contribution in [0.25, 0.3) is 10.7 Å². The Labute approximate surface area is 172 Å². The maximum Gasteiger partial charge on any atom is 0.256 e. The summed E-state index contributed by atoms with van der Waals surface area (Å²) in [7, 11) is 0. The van der Waals surface area contributed by atoms with Gasteiger partial charge in [-0.1, -0.05) is 23.4 Å². The average Bonchev–Trinajstić information content (AvgIpc) is 3.48. The number of amides is 2. The maximum absolute atomic E-state index is 12.9. The van der Waals surface area contributed by atoms with Crippen molar-refractivity contribution < 1.29 is 14.1 Å². The van der Waals surface area contributed by atoms with Gasteiger partial charge in [0, 0.05) is 25.9 Å². The Bertz CT molecular complexity index is 1010. The first-order valence-electron chi connectivity index (χ1n) is 9.67. The number of hydrogen-bond donors (Lipinski definition) is 1. The van der Waals surface area contributed by atoms with E-state index in [1.807, 2.05) is 41.5 Å². The Morgan fingerprint density at radius 3 is 2.79 bits per heavy atom. The molecule has 0 saturated carbocycles. The van der Waals surface area contributed by atoms with E-state index in [-0.39, 0.29) is 18.2 Å². The molecule has 2 aromatic heterocycles. The number of rotatable bonds is 6. The lowest BCUT2D eigenvalue weighted by atomic mass is 10.0. The second kappa shape index (κ2) is 8.57. The number of nitrogens with zero attached hydrogens (tertiary/aromatic N) is 3. The van der Waals surface area contributed by atoms with Gasteiger partial charge in [-0.15, -0.1) is 11.3 Å². The molecule has 1 aliphatic rings. The van der Waals surface area contributed by atoms with Crippen molar-refractivity contribution in [3.05, 3.63) is 52.7 Å². The number of thiophene rings is 1. The fraction of sp³-hybridized carbons (Fsp3) is 0.333. The first kappa shape index (κ1) is 19.3. The molecule has 3 heterocycles. The molecule has 8 heteroatoms. The third kappa shape index (κ3) is 4.37. The van der Waals surface area contributed by atoms with Gasteiger partial charge < -0.3 is 14.7 Å². The van der Waals surface area contributed by atoms with Gasteiger partial charge in [0.2, 0.25) is 17.6 Å². The van der Waals surface area contributed by atoms with Crippen LogP contribution in [0.5, 0.6) is 0 Å². The summed E-state index contributed by atoms with van der Waals surface area (Å²) in [5.74, 6) is 0.740. The number of nitrogens with one attached hydrogen (secondary N) is 1. The largest absolute Gasteiger partial charge is 0.339 e. The Hall–Kier alpha value is -3.00. The molecule has 1 aliphatic heterocycles. The van der Waals surface area contributed by atoms with E-state index >= 15 is 0 Å². The van der Waals surface area contributed by atoms with E-state index in [4.69, 9.17) is 4.52 Å². The lowest BCUT2D eigenvalue weighted by Gasteiger charge is -2.19. The molecule has 0 atom stereocenters. The Morgan fingerprint density at radius 2 is 2.03 bits per heavy atom. The molecule has 150 valence electrons. The third-order valence-corrected chi connectivity index (χ3v) is 5.80. The molecule has 1 fully saturated rings. The molecular formula is C21H22N4O3S. The zero-order chi connectivity index (χ0) is 20.2. The predicted molar refractivity (Wildman–Crippen MR) is 111 cm³/mol. The van der Waals surface area contributed by atoms with Crippen LogP contribution in [0.1, 0.15) is 41.1 Å². The second-order valence-electron chi connectivity index (χ2n) is 7.03. The van der Waals surface area contributed by atoms with Crippen LogP contribution >= 0.6 is 11.3 Å². The predicted octanol–water partition coefficient (Wildman–Crippen LogP) is 3.91. The number of aryl methyl sites for hydroxylation is 2. The molecule has 29 heavy (non-hydrogen) atoms. The highest BCUT2D eigenvalue weighted by Crippen LogP contribution is 2.24. The monoisotopic (exact) mass is 410 g/mol. The van der Waals surface area contributed by atoms with Gasteiger partial charge in [0.25, 0.3) is 5.91 Å². The van der Waals surface area contributed by atoms with Crippen LogP contribution in [0.2, 0.25) is 0 Å². The number of carbonyl (C=O) groups excluding carboxylic acids is 2. The van der Waals surface area contributed by atoms with Crippen LogP contribution in [0, 0.1) is 6.92 Å². The quantitative estimate of drug-likeness (QED) is 0.665. The molecule has 0 radical (unpaired) electrons. The molecule has 2 amide bonds. The Balaban J connectivity index is 1.41. The molecule has 1 aromatic carbocycles. The molecule has 0 spiro atoms. The minimum atomic E-state index is -0.193. The van der Waals surface area contributed by atoms with Crippen LogP contribution in [0.15, 0.2) is 40.2 Å². The second-order valence-corrected chi connectivity index (χ2v) is 7.98. The first-order valence-corrected chi connectivity index (χ1v) is 10.5. The van der Waals surface area contributed by atoms with E-state index in [0.717, 1.165) is 36.4 Å². The summed E-state index contributed by atoms with van der Waals surface area (Å²) < 4.78 is 5.24. The van der Waals surface area contributed by atoms with Crippen molar-refractivity contribution in [3.63, 3.8) is 0 Å². The van der Waals surface area contributed by atoms with Crippen molar-refractivity contribution in [3.8, 4) is 10.7 Å². The highest BCUT2D eigenvalue weighted by Gasteiger charge is 2.24. The van der Waals surface area contributed by atoms with E-state index in [1.54, 1.807) is 6.07 Å². The molecule has 3 aromatic rings. The smallest absolute Gasteiger partial charge is 0.256 e. The molecular weight excluding hydrogens is 388 g/mol. The van der Waals surface area contributed by atoms with Crippen molar-refractivity contribution in [2.24, 2.45) is 0 Å². The Kier molecular flexibility index (Phi) is 5.71. The molecule has 7 nitrogen and oxygen atoms in total. The van der Waals surface area contributed by atoms with Crippen molar-refractivity contribution in [1.82, 2.24) is 15.0 Å². The van der Waals surface area contributed by atoms with Gasteiger partial charge in [0.15, 0.2) is 0 Å². The number of aromatic nitrogens is 2. The number of likely N-dealkylation sites (tertiary alicyclic amines) is 1. The molecule has 1 N–H and O–H groups in total. The molecule has 0 aliphatic carbocycles. The van der Waals surface area contributed by atoms with Crippen LogP contribution in [-0.4, -0.2) is 39.9 Å². The fourth-order valence-electron chi connectivity index (χ4n) is 3.43. The fourth-order valence-corrected chi connectivity index (χ4v) is 4.08. The van der Waals surface area contributed by atoms with E-state index in [9.17, 15) is 9.59 Å². The molecule has 0 bridgehead atoms. The van der Waals surface area contributed by atoms with Gasteiger partial charge in [-0.3, -0.25) is 9.59 Å². The van der Waals surface area contributed by atoms with Gasteiger partial charge in [-0.25, -0.2) is 0 Å². The van der Waals surface area contributed by atoms with Gasteiger partial charge in [-0.2, -0.15) is 4.98 Å². The zero-order valence-electron chi connectivity index (χ0n) is 16.2. The maximum atomic E-state index is 12.9. The first-order chi connectivity index (χ1) is 14.1. The van der Waals surface area contributed by atoms with Crippen LogP contribution in [0.4, 0.5) is 5.69 Å². The highest BCUT2D eigenvalue weighted by atomic mass is 32.1. The van der Waals surface area contributed by atoms with Crippen LogP contribution in [-0.2, 0) is 11.2 Å². The van der Waals surface area contributed by atoms with Gasteiger partial charge in [-0.05, 0) is 42.8 Å². The summed E-state index contributed by atoms with van der Waals surface area (Å²) in [6.07, 6.45) is 2.58. The summed E-state index contributed by atoms with van der Waals surface area (Å²) in [5, 5.41) is 8.79. The van der Waals surface area contributed by atoms with E-state index in [1.165, 1.54) is 11.3 Å². The van der Waals surface area contributed by atoms with Crippen LogP contribution < -0.4 is 5.32 Å². The number of carbonyl (C=O) groups is 2. The van der Waals surface area contributed by atoms with Crippen molar-refractivity contribution in [2.45, 2.75) is 32.6 Å². The van der Waals surface area contributed by atoms with Crippen LogP contribution in [0.3, 0.4) is 0 Å². The van der Waals surface area contributed by atoms with Gasteiger partial charge >= 0.3 is 0 Å². The topological polar surface area (TPSA) is 88.3 Å². The van der Waals surface area contributed by atoms with E-state index in [2.05, 4.69) is 15.5 Å². The molecule has 4 rings (SSSR count). The van der Waals surface area contributed by atoms with E-state index < -0.39 is 0 Å². The lowest BCUT2D eigenvalue weighted by molar-refractivity contribution is -0.116. The van der Waals surface area contributed by atoms with Crippen molar-refractivity contribution in [2.75, 3.05) is 18.4 Å². The van der Waals surface area contributed by atoms with E-state index in [0.29, 0.717) is 29.4 Å². The summed E-state index contributed by atoms with van der Waals surface area (Å²) in [4.78, 5) is 32.5. The minimum Gasteiger partial charge on any atom is -0.339 e. The normalized spacial score (nSPS) is 13.6. The summed E-state index contributed by atoms with van der Waals surface area (Å²) in [5.41, 5.74) is 1.98. The van der Waals surface area contributed by atoms with Crippen molar-refractivity contribution >= 4 is 28.8 Å². The van der Waals surface area contributed by atoms with Gasteiger partial charge in [0.1, 0.15) is 0 Å². The lowest BCUT2D eigenvalue weighted by Crippen LogP contribution is -2.29. The molecule has 1 saturated heterocycles. The standard InChI is InChI=1S/C21H22N4O3S/c1-14-6-4-7-15(19(14)21(27)25-11-2-3-12-25)22-17(26)9-10-18-23-20(24-28-18)16-8-5-13-29-16/h4-8,13H,2-3,9-12H2,1H3,(H,22,26). The highest BCUT2D eigenvalue weighted by molar-refractivity contribution is 7.13. The minimum absolute atomic E-state index is 0.0200. The summed E-state index contributed by atoms with van der Waals surface area (Å²) in [6, 6.07) is 9.35. The zero-order valence-corrected chi connectivity index (χ0v) is 17.0. The average molecular weight is 410 g/mol. The Morgan fingerprint density at radius 1 is 1.21 bits per heavy atom. The summed E-state index contributed by atoms with van der Waals surface area (Å²) >= 11 is 1.53. The number of benzene rings is 1. The number of hydrogen-bond acceptors (Lipinski definition) is 6. The van der Waals surface area contributed by atoms with Crippen molar-refractivity contribution in [1.29, 1.82) is 0 Å². The third-order valence-electron chi connectivity index (χ3n) is 4.93.